The van der Waals surface area contributed by atoms with Gasteiger partial charge in [0, 0.05) is 6.42 Å². The molecule has 0 heterocycles. The van der Waals surface area contributed by atoms with Crippen molar-refractivity contribution >= 4 is 5.97 Å². The third-order valence-corrected chi connectivity index (χ3v) is 3.97. The van der Waals surface area contributed by atoms with Gasteiger partial charge in [-0.3, -0.25) is 4.79 Å². The molecule has 0 bridgehead atoms. The van der Waals surface area contributed by atoms with Gasteiger partial charge in [0.2, 0.25) is 0 Å². The molecule has 2 unspecified atom stereocenters. The Morgan fingerprint density at radius 1 is 1.40 bits per heavy atom. The molecule has 1 aromatic carbocycles. The summed E-state index contributed by atoms with van der Waals surface area (Å²) in [6.45, 7) is 4.06. The molecule has 1 aliphatic rings. The molecule has 110 valence electrons. The fraction of sp³-hybridized carbons (Fsp3) is 0.562. The fourth-order valence-electron chi connectivity index (χ4n) is 2.76. The third kappa shape index (κ3) is 3.12. The van der Waals surface area contributed by atoms with Crippen LogP contribution in [-0.2, 0) is 9.53 Å². The van der Waals surface area contributed by atoms with Crippen molar-refractivity contribution in [2.75, 3.05) is 7.11 Å². The number of methoxy groups -OCH3 is 1. The quantitative estimate of drug-likeness (QED) is 0.862. The minimum atomic E-state index is -0.907. The Labute approximate surface area is 120 Å². The smallest absolute Gasteiger partial charge is 0.325 e. The second-order valence-electron chi connectivity index (χ2n) is 5.75. The lowest BCUT2D eigenvalue weighted by Crippen LogP contribution is -2.54. The Morgan fingerprint density at radius 2 is 2.15 bits per heavy atom. The van der Waals surface area contributed by atoms with Crippen molar-refractivity contribution in [3.63, 3.8) is 0 Å². The van der Waals surface area contributed by atoms with Crippen molar-refractivity contribution in [2.24, 2.45) is 5.73 Å². The van der Waals surface area contributed by atoms with E-state index in [2.05, 4.69) is 6.07 Å². The van der Waals surface area contributed by atoms with Gasteiger partial charge in [0.05, 0.1) is 7.11 Å². The van der Waals surface area contributed by atoms with Crippen molar-refractivity contribution in [2.45, 2.75) is 51.2 Å². The molecule has 1 aliphatic carbocycles. The highest BCUT2D eigenvalue weighted by molar-refractivity contribution is 5.80. The SMILES string of the molecule is COC(=O)C1(N)CCCC(Oc2cc(C)ccc2C)C1. The Morgan fingerprint density at radius 3 is 2.85 bits per heavy atom. The van der Waals surface area contributed by atoms with E-state index in [-0.39, 0.29) is 12.1 Å². The molecular formula is C16H23NO3. The number of hydrogen-bond acceptors (Lipinski definition) is 4. The van der Waals surface area contributed by atoms with Crippen molar-refractivity contribution in [1.82, 2.24) is 0 Å². The van der Waals surface area contributed by atoms with E-state index in [0.717, 1.165) is 29.7 Å². The van der Waals surface area contributed by atoms with Crippen LogP contribution in [0.2, 0.25) is 0 Å². The van der Waals surface area contributed by atoms with Crippen LogP contribution in [0.3, 0.4) is 0 Å². The first kappa shape index (κ1) is 14.9. The summed E-state index contributed by atoms with van der Waals surface area (Å²) >= 11 is 0. The molecule has 0 amide bonds. The Balaban J connectivity index is 2.10. The molecule has 0 aromatic heterocycles. The lowest BCUT2D eigenvalue weighted by Gasteiger charge is -2.35. The molecule has 4 nitrogen and oxygen atoms in total. The lowest BCUT2D eigenvalue weighted by molar-refractivity contribution is -0.149. The summed E-state index contributed by atoms with van der Waals surface area (Å²) in [6, 6.07) is 6.13. The van der Waals surface area contributed by atoms with Gasteiger partial charge in [0.15, 0.2) is 0 Å². The second-order valence-corrected chi connectivity index (χ2v) is 5.75. The van der Waals surface area contributed by atoms with Gasteiger partial charge in [-0.1, -0.05) is 12.1 Å². The topological polar surface area (TPSA) is 61.5 Å². The van der Waals surface area contributed by atoms with Crippen LogP contribution in [0.4, 0.5) is 0 Å². The number of ether oxygens (including phenoxy) is 2. The number of benzene rings is 1. The van der Waals surface area contributed by atoms with Crippen LogP contribution in [0.1, 0.15) is 36.8 Å². The zero-order valence-electron chi connectivity index (χ0n) is 12.4. The van der Waals surface area contributed by atoms with Gasteiger partial charge >= 0.3 is 5.97 Å². The molecule has 4 heteroatoms. The molecule has 2 atom stereocenters. The van der Waals surface area contributed by atoms with Crippen LogP contribution < -0.4 is 10.5 Å². The molecule has 0 aliphatic heterocycles. The van der Waals surface area contributed by atoms with Crippen LogP contribution >= 0.6 is 0 Å². The Hall–Kier alpha value is -1.55. The Kier molecular flexibility index (Phi) is 4.33. The monoisotopic (exact) mass is 277 g/mol. The predicted molar refractivity (Wildman–Crippen MR) is 77.7 cm³/mol. The number of aryl methyl sites for hydroxylation is 2. The minimum absolute atomic E-state index is 0.0339. The highest BCUT2D eigenvalue weighted by Crippen LogP contribution is 2.31. The van der Waals surface area contributed by atoms with Gasteiger partial charge in [-0.15, -0.1) is 0 Å². The molecule has 1 aromatic rings. The van der Waals surface area contributed by atoms with Gasteiger partial charge in [-0.2, -0.15) is 0 Å². The van der Waals surface area contributed by atoms with Gasteiger partial charge < -0.3 is 15.2 Å². The predicted octanol–water partition coefficient (Wildman–Crippen LogP) is 2.50. The first-order valence-electron chi connectivity index (χ1n) is 7.06. The lowest BCUT2D eigenvalue weighted by atomic mass is 9.81. The van der Waals surface area contributed by atoms with Gasteiger partial charge in [-0.25, -0.2) is 0 Å². The number of esters is 1. The molecule has 0 saturated heterocycles. The first-order chi connectivity index (χ1) is 9.44. The molecule has 0 radical (unpaired) electrons. The standard InChI is InChI=1S/C16H23NO3/c1-11-6-7-12(2)14(9-11)20-13-5-4-8-16(17,10-13)15(18)19-3/h6-7,9,13H,4-5,8,10,17H2,1-3H3. The van der Waals surface area contributed by atoms with Gasteiger partial charge in [0.1, 0.15) is 17.4 Å². The second kappa shape index (κ2) is 5.83. The fourth-order valence-corrected chi connectivity index (χ4v) is 2.76. The van der Waals surface area contributed by atoms with Crippen molar-refractivity contribution in [1.29, 1.82) is 0 Å². The van der Waals surface area contributed by atoms with E-state index in [1.54, 1.807) is 0 Å². The van der Waals surface area contributed by atoms with E-state index in [9.17, 15) is 4.79 Å². The van der Waals surface area contributed by atoms with Crippen LogP contribution in [0.5, 0.6) is 5.75 Å². The normalized spacial score (nSPS) is 26.1. The summed E-state index contributed by atoms with van der Waals surface area (Å²) in [4.78, 5) is 11.8. The van der Waals surface area contributed by atoms with E-state index in [1.165, 1.54) is 7.11 Å². The maximum atomic E-state index is 11.8. The summed E-state index contributed by atoms with van der Waals surface area (Å²) in [5.74, 6) is 0.538. The zero-order chi connectivity index (χ0) is 14.8. The first-order valence-corrected chi connectivity index (χ1v) is 7.06. The number of hydrogen-bond donors (Lipinski definition) is 1. The Bertz CT molecular complexity index is 500. The molecular weight excluding hydrogens is 254 g/mol. The maximum absolute atomic E-state index is 11.8. The van der Waals surface area contributed by atoms with Crippen molar-refractivity contribution in [3.8, 4) is 5.75 Å². The number of rotatable bonds is 3. The molecule has 20 heavy (non-hydrogen) atoms. The average molecular weight is 277 g/mol. The third-order valence-electron chi connectivity index (χ3n) is 3.97. The molecule has 1 saturated carbocycles. The summed E-state index contributed by atoms with van der Waals surface area (Å²) in [6.07, 6.45) is 2.93. The summed E-state index contributed by atoms with van der Waals surface area (Å²) in [7, 11) is 1.38. The van der Waals surface area contributed by atoms with Crippen LogP contribution in [0.25, 0.3) is 0 Å². The molecule has 2 rings (SSSR count). The largest absolute Gasteiger partial charge is 0.490 e. The molecule has 1 fully saturated rings. The van der Waals surface area contributed by atoms with E-state index >= 15 is 0 Å². The number of carbonyl (C=O) groups is 1. The summed E-state index contributed by atoms with van der Waals surface area (Å²) in [5, 5.41) is 0. The summed E-state index contributed by atoms with van der Waals surface area (Å²) in [5.41, 5.74) is 7.52. The maximum Gasteiger partial charge on any atom is 0.325 e. The van der Waals surface area contributed by atoms with Gasteiger partial charge in [0.25, 0.3) is 0 Å². The molecule has 2 N–H and O–H groups in total. The zero-order valence-corrected chi connectivity index (χ0v) is 12.4. The van der Waals surface area contributed by atoms with E-state index in [0.29, 0.717) is 12.8 Å². The average Bonchev–Trinajstić information content (AvgIpc) is 2.42. The van der Waals surface area contributed by atoms with Crippen LogP contribution in [0, 0.1) is 13.8 Å². The highest BCUT2D eigenvalue weighted by atomic mass is 16.5. The van der Waals surface area contributed by atoms with E-state index in [4.69, 9.17) is 15.2 Å². The number of carbonyl (C=O) groups excluding carboxylic acids is 1. The minimum Gasteiger partial charge on any atom is -0.490 e. The van der Waals surface area contributed by atoms with Gasteiger partial charge in [-0.05, 0) is 50.3 Å². The van der Waals surface area contributed by atoms with Crippen molar-refractivity contribution in [3.05, 3.63) is 29.3 Å². The van der Waals surface area contributed by atoms with Crippen molar-refractivity contribution < 1.29 is 14.3 Å². The summed E-state index contributed by atoms with van der Waals surface area (Å²) < 4.78 is 10.9. The van der Waals surface area contributed by atoms with Crippen LogP contribution in [-0.4, -0.2) is 24.7 Å². The number of nitrogens with two attached hydrogens (primary N) is 1. The highest BCUT2D eigenvalue weighted by Gasteiger charge is 2.41. The van der Waals surface area contributed by atoms with Crippen LogP contribution in [0.15, 0.2) is 18.2 Å². The van der Waals surface area contributed by atoms with E-state index < -0.39 is 5.54 Å². The van der Waals surface area contributed by atoms with E-state index in [1.807, 2.05) is 26.0 Å². The molecule has 0 spiro atoms.